The van der Waals surface area contributed by atoms with E-state index < -0.39 is 35.8 Å². The van der Waals surface area contributed by atoms with E-state index in [-0.39, 0.29) is 0 Å². The molecule has 0 saturated carbocycles. The van der Waals surface area contributed by atoms with Gasteiger partial charge in [-0.2, -0.15) is 0 Å². The Morgan fingerprint density at radius 3 is 0.412 bits per heavy atom. The fraction of sp³-hybridized carbons (Fsp3) is 0.571. The number of benzene rings is 4. The van der Waals surface area contributed by atoms with Crippen molar-refractivity contribution in [2.45, 2.75) is 231 Å². The van der Waals surface area contributed by atoms with Gasteiger partial charge in [-0.25, -0.2) is 28.8 Å². The number of ether oxygens (including phenoxy) is 12. The van der Waals surface area contributed by atoms with Crippen LogP contribution in [0.3, 0.4) is 0 Å². The molecule has 0 aliphatic carbocycles. The van der Waals surface area contributed by atoms with E-state index in [4.69, 9.17) is 56.8 Å². The molecule has 0 fully saturated rings. The summed E-state index contributed by atoms with van der Waals surface area (Å²) in [5.41, 5.74) is 0. The van der Waals surface area contributed by atoms with Crippen LogP contribution in [0.25, 0.3) is 32.3 Å². The normalized spacial score (nSPS) is 10.9. The van der Waals surface area contributed by atoms with Crippen LogP contribution in [-0.2, 0) is 57.2 Å². The molecule has 564 valence electrons. The summed E-state index contributed by atoms with van der Waals surface area (Å²) in [7, 11) is 0. The van der Waals surface area contributed by atoms with E-state index in [2.05, 4.69) is 75.9 Å². The van der Waals surface area contributed by atoms with E-state index in [1.54, 1.807) is 0 Å². The summed E-state index contributed by atoms with van der Waals surface area (Å²) in [5.74, 6) is 1.46. The maximum absolute atomic E-state index is 11.6. The van der Waals surface area contributed by atoms with Crippen LogP contribution in [0.1, 0.15) is 231 Å². The summed E-state index contributed by atoms with van der Waals surface area (Å²) in [4.78, 5) is 69.4. The van der Waals surface area contributed by atoms with Crippen molar-refractivity contribution < 1.29 is 85.6 Å². The second-order valence-corrected chi connectivity index (χ2v) is 25.6. The Morgan fingerprint density at radius 1 is 0.186 bits per heavy atom. The van der Waals surface area contributed by atoms with Crippen LogP contribution < -0.4 is 28.4 Å². The van der Waals surface area contributed by atoms with Gasteiger partial charge in [-0.3, -0.25) is 0 Å². The molecule has 0 saturated heterocycles. The lowest BCUT2D eigenvalue weighted by atomic mass is 9.93. The molecule has 102 heavy (non-hydrogen) atoms. The van der Waals surface area contributed by atoms with Gasteiger partial charge in [0, 0.05) is 36.5 Å². The SMILES string of the molecule is C=CC(=O)OCCCCCCCCOc1cc2c3cc(OCCCCCCCCOC(=O)C=C)c(OCCCCCCCCOC(=O)C=C)cc3c3cc(OCCCCCCCCOC(=O)C=C)c(OCCCCCCCCOC(=O)C=C)cc3c2cc1OCCCCCCCCOC(=O)C=C. The summed E-state index contributed by atoms with van der Waals surface area (Å²) in [6.07, 6.45) is 40.6. The highest BCUT2D eigenvalue weighted by molar-refractivity contribution is 6.27. The topological polar surface area (TPSA) is 213 Å². The highest BCUT2D eigenvalue weighted by Crippen LogP contribution is 2.47. The molecule has 0 radical (unpaired) electrons. The zero-order valence-electron chi connectivity index (χ0n) is 61.5. The molecule has 0 aliphatic heterocycles. The molecule has 0 heterocycles. The minimum atomic E-state index is -0.400. The minimum Gasteiger partial charge on any atom is -0.490 e. The predicted octanol–water partition coefficient (Wildman–Crippen LogP) is 19.8. The monoisotopic (exact) mass is 1420 g/mol. The van der Waals surface area contributed by atoms with E-state index >= 15 is 0 Å². The van der Waals surface area contributed by atoms with Crippen molar-refractivity contribution in [3.63, 3.8) is 0 Å². The molecule has 18 heteroatoms. The number of hydrogen-bond donors (Lipinski definition) is 0. The van der Waals surface area contributed by atoms with Gasteiger partial charge in [0.15, 0.2) is 34.5 Å². The van der Waals surface area contributed by atoms with Crippen LogP contribution in [0.15, 0.2) is 112 Å². The zero-order chi connectivity index (χ0) is 73.3. The van der Waals surface area contributed by atoms with Gasteiger partial charge in [0.05, 0.1) is 79.3 Å². The molecule has 0 atom stereocenters. The Balaban J connectivity index is 1.80. The van der Waals surface area contributed by atoms with Crippen molar-refractivity contribution in [2.75, 3.05) is 79.3 Å². The lowest BCUT2D eigenvalue weighted by Gasteiger charge is -2.21. The Bertz CT molecular complexity index is 2580. The summed E-state index contributed by atoms with van der Waals surface area (Å²) >= 11 is 0. The fourth-order valence-electron chi connectivity index (χ4n) is 11.6. The molecule has 0 N–H and O–H groups in total. The summed E-state index contributed by atoms with van der Waals surface area (Å²) < 4.78 is 72.1. The minimum absolute atomic E-state index is 0.383. The van der Waals surface area contributed by atoms with Crippen molar-refractivity contribution in [1.82, 2.24) is 0 Å². The van der Waals surface area contributed by atoms with E-state index in [9.17, 15) is 28.8 Å². The molecule has 0 unspecified atom stereocenters. The number of carbonyl (C=O) groups is 6. The van der Waals surface area contributed by atoms with Crippen LogP contribution in [-0.4, -0.2) is 115 Å². The van der Waals surface area contributed by atoms with Gasteiger partial charge in [-0.1, -0.05) is 194 Å². The lowest BCUT2D eigenvalue weighted by molar-refractivity contribution is -0.138. The Labute approximate surface area is 608 Å². The highest BCUT2D eigenvalue weighted by atomic mass is 16.6. The third kappa shape index (κ3) is 37.6. The van der Waals surface area contributed by atoms with E-state index in [0.29, 0.717) is 114 Å². The van der Waals surface area contributed by atoms with Gasteiger partial charge in [-0.05, 0) is 146 Å². The number of esters is 6. The molecule has 4 rings (SSSR count). The second kappa shape index (κ2) is 56.3. The molecule has 0 spiro atoms. The van der Waals surface area contributed by atoms with Crippen LogP contribution >= 0.6 is 0 Å². The number of fused-ring (bicyclic) bond motifs is 6. The number of hydrogen-bond acceptors (Lipinski definition) is 18. The van der Waals surface area contributed by atoms with Crippen LogP contribution in [0.2, 0.25) is 0 Å². The smallest absolute Gasteiger partial charge is 0.330 e. The molecule has 0 aliphatic rings. The molecular weight excluding hydrogens is 1300 g/mol. The average Bonchev–Trinajstić information content (AvgIpc) is 0.728. The summed E-state index contributed by atoms with van der Waals surface area (Å²) in [6.45, 7) is 26.1. The zero-order valence-corrected chi connectivity index (χ0v) is 61.5. The van der Waals surface area contributed by atoms with Crippen molar-refractivity contribution in [2.24, 2.45) is 0 Å². The van der Waals surface area contributed by atoms with Crippen LogP contribution in [0.4, 0.5) is 0 Å². The van der Waals surface area contributed by atoms with Gasteiger partial charge < -0.3 is 56.8 Å². The summed E-state index contributed by atoms with van der Waals surface area (Å²) in [5, 5.41) is 5.68. The second-order valence-electron chi connectivity index (χ2n) is 25.6. The first kappa shape index (κ1) is 86.1. The number of rotatable bonds is 66. The Kier molecular flexibility index (Phi) is 47.5. The Morgan fingerprint density at radius 2 is 0.294 bits per heavy atom. The largest absolute Gasteiger partial charge is 0.490 e. The van der Waals surface area contributed by atoms with Crippen molar-refractivity contribution in [3.05, 3.63) is 112 Å². The fourth-order valence-corrected chi connectivity index (χ4v) is 11.6. The van der Waals surface area contributed by atoms with E-state index in [0.717, 1.165) is 263 Å². The first-order valence-corrected chi connectivity index (χ1v) is 38.0. The van der Waals surface area contributed by atoms with Crippen LogP contribution in [0, 0.1) is 0 Å². The standard InChI is InChI=1S/C84H120O18/c1-7-79(85)97-55-43-31-19-13-25-37-49-91-73-61-67-68(62-74(73)92-50-38-26-14-20-32-44-56-98-80(86)8-2)70-64-76(94-52-40-28-16-22-34-46-58-100-82(88)10-4)78(96-54-42-30-18-24-36-48-60-102-84(90)12-6)66-72(70)71-65-77(95-53-41-29-17-23-35-47-59-101-83(89)11-5)75(63-69(67)71)93-51-39-27-15-21-33-45-57-99-81(87)9-3/h7-12,61-66H,1-6,13-60H2. The third-order valence-electron chi connectivity index (χ3n) is 17.4. The van der Waals surface area contributed by atoms with Gasteiger partial charge >= 0.3 is 35.8 Å². The number of carbonyl (C=O) groups excluding carboxylic acids is 6. The van der Waals surface area contributed by atoms with Gasteiger partial charge in [0.25, 0.3) is 0 Å². The third-order valence-corrected chi connectivity index (χ3v) is 17.4. The predicted molar refractivity (Wildman–Crippen MR) is 405 cm³/mol. The van der Waals surface area contributed by atoms with Gasteiger partial charge in [0.2, 0.25) is 0 Å². The molecular formula is C84H120O18. The average molecular weight is 1420 g/mol. The molecule has 0 amide bonds. The van der Waals surface area contributed by atoms with E-state index in [1.807, 2.05) is 0 Å². The maximum atomic E-state index is 11.6. The molecule has 4 aromatic carbocycles. The molecule has 18 nitrogen and oxygen atoms in total. The van der Waals surface area contributed by atoms with Gasteiger partial charge in [0.1, 0.15) is 0 Å². The van der Waals surface area contributed by atoms with Crippen molar-refractivity contribution >= 4 is 68.1 Å². The first-order valence-electron chi connectivity index (χ1n) is 38.0. The Hall–Kier alpha value is -8.28. The quantitative estimate of drug-likeness (QED) is 0.0132. The summed E-state index contributed by atoms with van der Waals surface area (Å²) in [6, 6.07) is 12.8. The first-order chi connectivity index (χ1) is 50.0. The van der Waals surface area contributed by atoms with Gasteiger partial charge in [-0.15, -0.1) is 0 Å². The van der Waals surface area contributed by atoms with Crippen molar-refractivity contribution in [1.29, 1.82) is 0 Å². The number of unbranched alkanes of at least 4 members (excludes halogenated alkanes) is 30. The molecule has 0 aromatic heterocycles. The highest BCUT2D eigenvalue weighted by Gasteiger charge is 2.21. The van der Waals surface area contributed by atoms with E-state index in [1.165, 1.54) is 36.5 Å². The van der Waals surface area contributed by atoms with Crippen LogP contribution in [0.5, 0.6) is 34.5 Å². The van der Waals surface area contributed by atoms with Crippen molar-refractivity contribution in [3.8, 4) is 34.5 Å². The lowest BCUT2D eigenvalue weighted by Crippen LogP contribution is -2.05. The molecule has 4 aromatic rings. The molecule has 0 bridgehead atoms. The maximum Gasteiger partial charge on any atom is 0.330 e.